The smallest absolute Gasteiger partial charge is 0.256 e. The first-order chi connectivity index (χ1) is 17.3. The molecule has 1 aromatic heterocycles. The van der Waals surface area contributed by atoms with Gasteiger partial charge in [-0.1, -0.05) is 26.8 Å². The van der Waals surface area contributed by atoms with Crippen LogP contribution in [0.15, 0.2) is 45.6 Å². The molecule has 1 atom stereocenters. The number of nitrogens with zero attached hydrogens (tertiary/aromatic N) is 5. The number of benzene rings is 1. The molecule has 1 unspecified atom stereocenters. The van der Waals surface area contributed by atoms with E-state index < -0.39 is 0 Å². The fourth-order valence-electron chi connectivity index (χ4n) is 4.31. The van der Waals surface area contributed by atoms with Gasteiger partial charge in [0.2, 0.25) is 5.91 Å². The number of hydrogen-bond donors (Lipinski definition) is 3. The Bertz CT molecular complexity index is 1330. The van der Waals surface area contributed by atoms with Crippen LogP contribution in [-0.4, -0.2) is 51.4 Å². The Hall–Kier alpha value is -3.95. The van der Waals surface area contributed by atoms with Gasteiger partial charge in [0.1, 0.15) is 17.9 Å². The van der Waals surface area contributed by atoms with Crippen molar-refractivity contribution in [2.75, 3.05) is 17.2 Å². The number of aromatic nitrogens is 2. The number of carbonyl (C=O) groups excluding carboxylic acids is 2. The van der Waals surface area contributed by atoms with Crippen molar-refractivity contribution in [2.24, 2.45) is 23.1 Å². The Morgan fingerprint density at radius 1 is 1.14 bits per heavy atom. The molecule has 196 valence electrons. The molecule has 0 aliphatic carbocycles. The van der Waals surface area contributed by atoms with Crippen LogP contribution >= 0.6 is 0 Å². The van der Waals surface area contributed by atoms with E-state index in [1.54, 1.807) is 21.8 Å². The predicted molar refractivity (Wildman–Crippen MR) is 147 cm³/mol. The minimum Gasteiger partial charge on any atom is -0.353 e. The molecule has 0 saturated carbocycles. The van der Waals surface area contributed by atoms with Crippen LogP contribution in [0.2, 0.25) is 0 Å². The average molecular weight is 505 g/mol. The molecule has 2 amide bonds. The van der Waals surface area contributed by atoms with Crippen molar-refractivity contribution in [1.29, 1.82) is 0 Å². The molecule has 1 aromatic carbocycles. The van der Waals surface area contributed by atoms with Gasteiger partial charge in [0.25, 0.3) is 5.91 Å². The topological polar surface area (TPSA) is 116 Å². The van der Waals surface area contributed by atoms with Crippen molar-refractivity contribution < 1.29 is 9.59 Å². The van der Waals surface area contributed by atoms with Crippen LogP contribution in [0.25, 0.3) is 0 Å². The van der Waals surface area contributed by atoms with Gasteiger partial charge in [0.15, 0.2) is 5.84 Å². The molecule has 0 radical (unpaired) electrons. The van der Waals surface area contributed by atoms with E-state index in [2.05, 4.69) is 51.9 Å². The average Bonchev–Trinajstić information content (AvgIpc) is 3.35. The predicted octanol–water partition coefficient (Wildman–Crippen LogP) is 3.78. The number of hydrogen-bond acceptors (Lipinski definition) is 7. The zero-order chi connectivity index (χ0) is 27.1. The Kier molecular flexibility index (Phi) is 6.94. The molecular weight excluding hydrogens is 468 g/mol. The van der Waals surface area contributed by atoms with E-state index in [1.807, 2.05) is 46.9 Å². The maximum Gasteiger partial charge on any atom is 0.256 e. The molecular formula is C27H36N8O2. The monoisotopic (exact) mass is 504 g/mol. The van der Waals surface area contributed by atoms with Crippen molar-refractivity contribution >= 4 is 35.5 Å². The van der Waals surface area contributed by atoms with Crippen LogP contribution in [0.5, 0.6) is 0 Å². The number of anilines is 2. The van der Waals surface area contributed by atoms with Crippen LogP contribution in [0.3, 0.4) is 0 Å². The summed E-state index contributed by atoms with van der Waals surface area (Å²) in [4.78, 5) is 30.3. The summed E-state index contributed by atoms with van der Waals surface area (Å²) < 4.78 is 1.68. The molecule has 2 aliphatic heterocycles. The lowest BCUT2D eigenvalue weighted by atomic mass is 9.92. The maximum absolute atomic E-state index is 13.1. The fourth-order valence-corrected chi connectivity index (χ4v) is 4.31. The van der Waals surface area contributed by atoms with E-state index in [0.717, 1.165) is 28.2 Å². The molecule has 10 nitrogen and oxygen atoms in total. The summed E-state index contributed by atoms with van der Waals surface area (Å²) in [5.74, 6) is 0.653. The second-order valence-corrected chi connectivity index (χ2v) is 10.9. The number of amidine groups is 1. The van der Waals surface area contributed by atoms with Crippen molar-refractivity contribution in [3.05, 3.63) is 52.4 Å². The molecule has 10 heteroatoms. The second kappa shape index (κ2) is 9.84. The number of fused-ring (bicyclic) bond motifs is 1. The molecule has 0 fully saturated rings. The Balaban J connectivity index is 1.56. The SMILES string of the molecule is CC1=C2C(Nc3cc(C(=O)Nc4cc(C(C)(C)C)nn4C)ccc3C)=NC=NN2CC1C(=O)NC(C)C. The molecule has 3 N–H and O–H groups in total. The van der Waals surface area contributed by atoms with E-state index >= 15 is 0 Å². The number of aliphatic imine (C=N–C) groups is 1. The third-order valence-electron chi connectivity index (χ3n) is 6.50. The van der Waals surface area contributed by atoms with Crippen LogP contribution in [0, 0.1) is 12.8 Å². The third kappa shape index (κ3) is 5.42. The number of rotatable bonds is 5. The summed E-state index contributed by atoms with van der Waals surface area (Å²) in [6.45, 7) is 14.5. The Morgan fingerprint density at radius 2 is 1.86 bits per heavy atom. The molecule has 3 heterocycles. The summed E-state index contributed by atoms with van der Waals surface area (Å²) in [7, 11) is 1.81. The van der Waals surface area contributed by atoms with Crippen molar-refractivity contribution in [3.8, 4) is 0 Å². The highest BCUT2D eigenvalue weighted by atomic mass is 16.2. The van der Waals surface area contributed by atoms with Crippen LogP contribution in [-0.2, 0) is 17.3 Å². The first-order valence-electron chi connectivity index (χ1n) is 12.5. The molecule has 0 spiro atoms. The Morgan fingerprint density at radius 3 is 2.51 bits per heavy atom. The van der Waals surface area contributed by atoms with Crippen LogP contribution in [0.1, 0.15) is 63.2 Å². The standard InChI is InChI=1S/C27H36N8O2/c1-15(2)30-26(37)19-13-35-23(17(19)4)24(28-14-29-35)31-20-11-18(10-9-16(20)3)25(36)32-22-12-21(27(5,6)7)33-34(22)8/h9-12,14-15,19H,13H2,1-8H3,(H,30,37)(H,32,36)(H,28,29,31). The molecule has 0 bridgehead atoms. The minimum atomic E-state index is -0.310. The number of carbonyl (C=O) groups is 2. The fraction of sp³-hybridized carbons (Fsp3) is 0.444. The number of amides is 2. The highest BCUT2D eigenvalue weighted by Crippen LogP contribution is 2.32. The van der Waals surface area contributed by atoms with E-state index in [0.29, 0.717) is 23.8 Å². The summed E-state index contributed by atoms with van der Waals surface area (Å²) >= 11 is 0. The highest BCUT2D eigenvalue weighted by Gasteiger charge is 2.37. The van der Waals surface area contributed by atoms with Crippen LogP contribution < -0.4 is 16.0 Å². The number of aryl methyl sites for hydroxylation is 2. The minimum absolute atomic E-state index is 0.0245. The van der Waals surface area contributed by atoms with Crippen molar-refractivity contribution in [1.82, 2.24) is 20.1 Å². The molecule has 2 aliphatic rings. The molecule has 37 heavy (non-hydrogen) atoms. The lowest BCUT2D eigenvalue weighted by molar-refractivity contribution is -0.124. The number of nitrogens with one attached hydrogen (secondary N) is 3. The summed E-state index contributed by atoms with van der Waals surface area (Å²) in [5, 5.41) is 20.0. The maximum atomic E-state index is 13.1. The van der Waals surface area contributed by atoms with E-state index in [4.69, 9.17) is 0 Å². The van der Waals surface area contributed by atoms with Crippen molar-refractivity contribution in [2.45, 2.75) is 59.9 Å². The Labute approximate surface area is 217 Å². The third-order valence-corrected chi connectivity index (χ3v) is 6.50. The lowest BCUT2D eigenvalue weighted by Gasteiger charge is -2.22. The van der Waals surface area contributed by atoms with Gasteiger partial charge in [-0.05, 0) is 51.0 Å². The summed E-state index contributed by atoms with van der Waals surface area (Å²) in [6, 6.07) is 7.45. The summed E-state index contributed by atoms with van der Waals surface area (Å²) in [5.41, 5.74) is 4.66. The molecule has 4 rings (SSSR count). The van der Waals surface area contributed by atoms with E-state index in [1.165, 1.54) is 6.34 Å². The van der Waals surface area contributed by atoms with Gasteiger partial charge >= 0.3 is 0 Å². The lowest BCUT2D eigenvalue weighted by Crippen LogP contribution is -2.37. The summed E-state index contributed by atoms with van der Waals surface area (Å²) in [6.07, 6.45) is 1.48. The van der Waals surface area contributed by atoms with Crippen LogP contribution in [0.4, 0.5) is 11.5 Å². The van der Waals surface area contributed by atoms with Gasteiger partial charge < -0.3 is 16.0 Å². The van der Waals surface area contributed by atoms with Gasteiger partial charge in [0.05, 0.1) is 18.2 Å². The van der Waals surface area contributed by atoms with E-state index in [9.17, 15) is 9.59 Å². The first kappa shape index (κ1) is 26.1. The van der Waals surface area contributed by atoms with Crippen molar-refractivity contribution in [3.63, 3.8) is 0 Å². The first-order valence-corrected chi connectivity index (χ1v) is 12.5. The highest BCUT2D eigenvalue weighted by molar-refractivity contribution is 6.13. The quantitative estimate of drug-likeness (QED) is 0.573. The van der Waals surface area contributed by atoms with Gasteiger partial charge in [0, 0.05) is 35.8 Å². The van der Waals surface area contributed by atoms with Gasteiger partial charge in [-0.25, -0.2) is 4.99 Å². The van der Waals surface area contributed by atoms with Gasteiger partial charge in [-0.15, -0.1) is 0 Å². The zero-order valence-electron chi connectivity index (χ0n) is 22.8. The van der Waals surface area contributed by atoms with Gasteiger partial charge in [-0.2, -0.15) is 10.2 Å². The normalized spacial score (nSPS) is 17.2. The molecule has 0 saturated heterocycles. The second-order valence-electron chi connectivity index (χ2n) is 10.9. The van der Waals surface area contributed by atoms with E-state index in [-0.39, 0.29) is 29.2 Å². The molecule has 2 aromatic rings. The zero-order valence-corrected chi connectivity index (χ0v) is 22.8. The number of hydrazone groups is 1. The largest absolute Gasteiger partial charge is 0.353 e. The van der Waals surface area contributed by atoms with Gasteiger partial charge in [-0.3, -0.25) is 19.3 Å².